The van der Waals surface area contributed by atoms with E-state index in [1.54, 1.807) is 18.2 Å². The molecule has 1 aliphatic rings. The number of aromatic hydroxyl groups is 1. The second-order valence-electron chi connectivity index (χ2n) is 3.65. The van der Waals surface area contributed by atoms with Crippen molar-refractivity contribution in [1.29, 1.82) is 0 Å². The highest BCUT2D eigenvalue weighted by Gasteiger charge is 2.23. The number of phenols is 1. The number of carbonyl (C=O) groups excluding carboxylic acids is 1. The normalized spacial score (nSPS) is 21.3. The zero-order valence-electron chi connectivity index (χ0n) is 7.58. The molecule has 0 bridgehead atoms. The first-order chi connectivity index (χ1) is 6.18. The summed E-state index contributed by atoms with van der Waals surface area (Å²) in [6.45, 7) is 1.96. The lowest BCUT2D eigenvalue weighted by molar-refractivity contribution is 0.0913. The molecule has 0 spiro atoms. The molecule has 1 atom stereocenters. The van der Waals surface area contributed by atoms with Crippen LogP contribution in [0, 0.1) is 5.92 Å². The van der Waals surface area contributed by atoms with E-state index in [9.17, 15) is 9.90 Å². The summed E-state index contributed by atoms with van der Waals surface area (Å²) in [5.41, 5.74) is 1.78. The van der Waals surface area contributed by atoms with Crippen LogP contribution in [-0.4, -0.2) is 10.9 Å². The van der Waals surface area contributed by atoms with Gasteiger partial charge < -0.3 is 5.11 Å². The van der Waals surface area contributed by atoms with E-state index < -0.39 is 0 Å². The van der Waals surface area contributed by atoms with Gasteiger partial charge in [-0.25, -0.2) is 0 Å². The van der Waals surface area contributed by atoms with Crippen molar-refractivity contribution in [2.24, 2.45) is 5.92 Å². The number of hydrogen-bond acceptors (Lipinski definition) is 2. The third kappa shape index (κ3) is 1.32. The van der Waals surface area contributed by atoms with E-state index in [0.717, 1.165) is 24.0 Å². The molecule has 0 amide bonds. The van der Waals surface area contributed by atoms with Crippen molar-refractivity contribution in [2.75, 3.05) is 0 Å². The van der Waals surface area contributed by atoms with Crippen molar-refractivity contribution >= 4 is 5.78 Å². The first-order valence-electron chi connectivity index (χ1n) is 4.54. The summed E-state index contributed by atoms with van der Waals surface area (Å²) in [7, 11) is 0. The number of Topliss-reactive ketones (excluding diaryl/α,β-unsaturated/α-hetero) is 1. The monoisotopic (exact) mass is 176 g/mol. The molecule has 0 heterocycles. The maximum absolute atomic E-state index is 11.6. The maximum atomic E-state index is 11.6. The first-order valence-corrected chi connectivity index (χ1v) is 4.54. The van der Waals surface area contributed by atoms with Gasteiger partial charge in [0.05, 0.1) is 0 Å². The Kier molecular flexibility index (Phi) is 1.83. The molecule has 1 N–H and O–H groups in total. The molecule has 13 heavy (non-hydrogen) atoms. The van der Waals surface area contributed by atoms with Crippen LogP contribution in [0.25, 0.3) is 0 Å². The molecular weight excluding hydrogens is 164 g/mol. The van der Waals surface area contributed by atoms with Crippen molar-refractivity contribution in [2.45, 2.75) is 19.8 Å². The number of phenolic OH excluding ortho intramolecular Hbond substituents is 1. The van der Waals surface area contributed by atoms with Gasteiger partial charge in [0.15, 0.2) is 5.78 Å². The summed E-state index contributed by atoms with van der Waals surface area (Å²) in [6, 6.07) is 5.00. The highest BCUT2D eigenvalue weighted by Crippen LogP contribution is 2.27. The minimum Gasteiger partial charge on any atom is -0.508 e. The molecule has 68 valence electrons. The Hall–Kier alpha value is -1.31. The molecule has 1 aliphatic carbocycles. The lowest BCUT2D eigenvalue weighted by Crippen LogP contribution is -2.19. The van der Waals surface area contributed by atoms with Gasteiger partial charge in [-0.05, 0) is 36.6 Å². The molecule has 0 aliphatic heterocycles. The molecule has 0 radical (unpaired) electrons. The Bertz CT molecular complexity index is 355. The summed E-state index contributed by atoms with van der Waals surface area (Å²) in [6.07, 6.45) is 1.80. The fourth-order valence-electron chi connectivity index (χ4n) is 1.80. The van der Waals surface area contributed by atoms with Gasteiger partial charge in [0.2, 0.25) is 0 Å². The molecule has 1 aromatic carbocycles. The molecule has 2 heteroatoms. The summed E-state index contributed by atoms with van der Waals surface area (Å²) in [5, 5.41) is 9.23. The highest BCUT2D eigenvalue weighted by atomic mass is 16.3. The summed E-state index contributed by atoms with van der Waals surface area (Å²) in [5.74, 6) is 0.597. The molecule has 0 aromatic heterocycles. The molecule has 0 saturated carbocycles. The van der Waals surface area contributed by atoms with Crippen molar-refractivity contribution in [3.8, 4) is 5.75 Å². The van der Waals surface area contributed by atoms with E-state index in [0.29, 0.717) is 0 Å². The van der Waals surface area contributed by atoms with Gasteiger partial charge in [-0.2, -0.15) is 0 Å². The average Bonchev–Trinajstić information content (AvgIpc) is 2.12. The Morgan fingerprint density at radius 3 is 3.00 bits per heavy atom. The lowest BCUT2D eigenvalue weighted by atomic mass is 9.84. The second-order valence-corrected chi connectivity index (χ2v) is 3.65. The number of benzene rings is 1. The number of aryl methyl sites for hydroxylation is 1. The molecule has 2 nitrogen and oxygen atoms in total. The predicted molar refractivity (Wildman–Crippen MR) is 49.9 cm³/mol. The number of carbonyl (C=O) groups is 1. The van der Waals surface area contributed by atoms with Crippen LogP contribution in [0.2, 0.25) is 0 Å². The van der Waals surface area contributed by atoms with Crippen LogP contribution in [0.4, 0.5) is 0 Å². The largest absolute Gasteiger partial charge is 0.508 e. The van der Waals surface area contributed by atoms with Crippen LogP contribution in [-0.2, 0) is 6.42 Å². The van der Waals surface area contributed by atoms with Gasteiger partial charge in [-0.1, -0.05) is 6.92 Å². The second kappa shape index (κ2) is 2.87. The zero-order chi connectivity index (χ0) is 9.42. The zero-order valence-corrected chi connectivity index (χ0v) is 7.58. The van der Waals surface area contributed by atoms with Crippen molar-refractivity contribution in [3.63, 3.8) is 0 Å². The predicted octanol–water partition coefficient (Wildman–Crippen LogP) is 2.16. The van der Waals surface area contributed by atoms with Gasteiger partial charge in [-0.3, -0.25) is 4.79 Å². The van der Waals surface area contributed by atoms with Crippen molar-refractivity contribution < 1.29 is 9.90 Å². The van der Waals surface area contributed by atoms with Gasteiger partial charge in [0, 0.05) is 11.5 Å². The number of fused-ring (bicyclic) bond motifs is 1. The summed E-state index contributed by atoms with van der Waals surface area (Å²) in [4.78, 5) is 11.6. The first kappa shape index (κ1) is 8.30. The average molecular weight is 176 g/mol. The topological polar surface area (TPSA) is 37.3 Å². The number of ketones is 1. The fourth-order valence-corrected chi connectivity index (χ4v) is 1.80. The highest BCUT2D eigenvalue weighted by molar-refractivity contribution is 6.00. The van der Waals surface area contributed by atoms with Gasteiger partial charge >= 0.3 is 0 Å². The molecule has 1 aromatic rings. The Balaban J connectivity index is 2.50. The fraction of sp³-hybridized carbons (Fsp3) is 0.364. The van der Waals surface area contributed by atoms with Gasteiger partial charge in [0.25, 0.3) is 0 Å². The molecule has 0 saturated heterocycles. The third-order valence-corrected chi connectivity index (χ3v) is 2.65. The Labute approximate surface area is 77.2 Å². The lowest BCUT2D eigenvalue weighted by Gasteiger charge is -2.19. The van der Waals surface area contributed by atoms with E-state index in [4.69, 9.17) is 0 Å². The molecule has 0 fully saturated rings. The van der Waals surface area contributed by atoms with Crippen molar-refractivity contribution in [1.82, 2.24) is 0 Å². The van der Waals surface area contributed by atoms with E-state index in [1.807, 2.05) is 6.92 Å². The summed E-state index contributed by atoms with van der Waals surface area (Å²) < 4.78 is 0. The van der Waals surface area contributed by atoms with E-state index in [1.165, 1.54) is 0 Å². The Morgan fingerprint density at radius 2 is 2.23 bits per heavy atom. The third-order valence-electron chi connectivity index (χ3n) is 2.65. The van der Waals surface area contributed by atoms with Crippen LogP contribution in [0.1, 0.15) is 29.3 Å². The van der Waals surface area contributed by atoms with Crippen LogP contribution < -0.4 is 0 Å². The summed E-state index contributed by atoms with van der Waals surface area (Å²) >= 11 is 0. The minimum absolute atomic E-state index is 0.136. The standard InChI is InChI=1S/C11H12O2/c1-7-2-3-8-6-9(12)4-5-10(8)11(7)13/h4-7,12H,2-3H2,1H3/t7-/m1/s1. The molecule has 0 unspecified atom stereocenters. The van der Waals surface area contributed by atoms with E-state index in [-0.39, 0.29) is 17.5 Å². The number of rotatable bonds is 0. The van der Waals surface area contributed by atoms with Gasteiger partial charge in [-0.15, -0.1) is 0 Å². The van der Waals surface area contributed by atoms with Crippen LogP contribution >= 0.6 is 0 Å². The SMILES string of the molecule is C[C@@H]1CCc2cc(O)ccc2C1=O. The smallest absolute Gasteiger partial charge is 0.165 e. The van der Waals surface area contributed by atoms with E-state index in [2.05, 4.69) is 0 Å². The van der Waals surface area contributed by atoms with Crippen LogP contribution in [0.15, 0.2) is 18.2 Å². The quantitative estimate of drug-likeness (QED) is 0.657. The van der Waals surface area contributed by atoms with Crippen LogP contribution in [0.5, 0.6) is 5.75 Å². The van der Waals surface area contributed by atoms with E-state index >= 15 is 0 Å². The molecule has 2 rings (SSSR count). The minimum atomic E-state index is 0.136. The van der Waals surface area contributed by atoms with Crippen LogP contribution in [0.3, 0.4) is 0 Å². The van der Waals surface area contributed by atoms with Crippen molar-refractivity contribution in [3.05, 3.63) is 29.3 Å². The van der Waals surface area contributed by atoms with Gasteiger partial charge in [0.1, 0.15) is 5.75 Å². The number of hydrogen-bond donors (Lipinski definition) is 1. The maximum Gasteiger partial charge on any atom is 0.165 e. The Morgan fingerprint density at radius 1 is 1.46 bits per heavy atom. The molecular formula is C11H12O2.